The number of hydrogen-bond acceptors (Lipinski definition) is 3. The highest BCUT2D eigenvalue weighted by Gasteiger charge is 2.26. The second-order valence-corrected chi connectivity index (χ2v) is 7.73. The molecule has 2 aromatic carbocycles. The lowest BCUT2D eigenvalue weighted by atomic mass is 10.1. The van der Waals surface area contributed by atoms with Crippen molar-refractivity contribution in [3.8, 4) is 0 Å². The first-order valence-electron chi connectivity index (χ1n) is 8.74. The number of morpholine rings is 1. The van der Waals surface area contributed by atoms with Crippen molar-refractivity contribution in [1.29, 1.82) is 0 Å². The molecule has 25 heavy (non-hydrogen) atoms. The highest BCUT2D eigenvalue weighted by molar-refractivity contribution is 6.42. The Hall–Kier alpha value is -1.10. The molecule has 1 saturated heterocycles. The van der Waals surface area contributed by atoms with E-state index in [2.05, 4.69) is 40.1 Å². The van der Waals surface area contributed by atoms with E-state index in [1.54, 1.807) is 0 Å². The van der Waals surface area contributed by atoms with Crippen molar-refractivity contribution in [2.24, 2.45) is 0 Å². The van der Waals surface area contributed by atoms with Gasteiger partial charge >= 0.3 is 0 Å². The molecule has 0 amide bonds. The first-order valence-corrected chi connectivity index (χ1v) is 9.50. The summed E-state index contributed by atoms with van der Waals surface area (Å²) < 4.78 is 6.02. The predicted octanol–water partition coefficient (Wildman–Crippen LogP) is 4.21. The van der Waals surface area contributed by atoms with E-state index in [0.717, 1.165) is 45.9 Å². The third-order valence-corrected chi connectivity index (χ3v) is 5.72. The number of ether oxygens (including phenoxy) is 1. The van der Waals surface area contributed by atoms with Crippen molar-refractivity contribution in [3.63, 3.8) is 0 Å². The molecule has 0 N–H and O–H groups in total. The van der Waals surface area contributed by atoms with Crippen LogP contribution < -0.4 is 0 Å². The van der Waals surface area contributed by atoms with Gasteiger partial charge in [0.2, 0.25) is 0 Å². The molecule has 3 nitrogen and oxygen atoms in total. The lowest BCUT2D eigenvalue weighted by Crippen LogP contribution is -2.46. The van der Waals surface area contributed by atoms with Crippen LogP contribution in [-0.2, 0) is 24.4 Å². The smallest absolute Gasteiger partial charge is 0.0829 e. The van der Waals surface area contributed by atoms with Gasteiger partial charge in [-0.2, -0.15) is 0 Å². The van der Waals surface area contributed by atoms with Crippen LogP contribution in [0, 0.1) is 0 Å². The molecule has 4 rings (SSSR count). The molecule has 1 fully saturated rings. The Morgan fingerprint density at radius 3 is 2.44 bits per heavy atom. The Balaban J connectivity index is 1.33. The van der Waals surface area contributed by atoms with Gasteiger partial charge in [0.1, 0.15) is 0 Å². The zero-order valence-corrected chi connectivity index (χ0v) is 15.6. The van der Waals surface area contributed by atoms with Gasteiger partial charge < -0.3 is 4.74 Å². The first-order chi connectivity index (χ1) is 12.2. The van der Waals surface area contributed by atoms with E-state index in [1.807, 2.05) is 12.1 Å². The fourth-order valence-corrected chi connectivity index (χ4v) is 4.07. The number of halogens is 2. The zero-order valence-electron chi connectivity index (χ0n) is 14.1. The van der Waals surface area contributed by atoms with Gasteiger partial charge in [-0.1, -0.05) is 53.5 Å². The molecule has 2 heterocycles. The van der Waals surface area contributed by atoms with Crippen molar-refractivity contribution >= 4 is 23.2 Å². The highest BCUT2D eigenvalue weighted by Crippen LogP contribution is 2.25. The van der Waals surface area contributed by atoms with Crippen molar-refractivity contribution in [1.82, 2.24) is 9.80 Å². The molecule has 0 aliphatic carbocycles. The minimum Gasteiger partial charge on any atom is -0.374 e. The molecule has 2 aliphatic rings. The van der Waals surface area contributed by atoms with Crippen LogP contribution in [-0.4, -0.2) is 42.1 Å². The summed E-state index contributed by atoms with van der Waals surface area (Å²) in [7, 11) is 0. The lowest BCUT2D eigenvalue weighted by Gasteiger charge is -2.34. The fraction of sp³-hybridized carbons (Fsp3) is 0.400. The third kappa shape index (κ3) is 4.18. The summed E-state index contributed by atoms with van der Waals surface area (Å²) in [6.07, 6.45) is 0.255. The molecule has 2 aliphatic heterocycles. The van der Waals surface area contributed by atoms with Gasteiger partial charge in [0, 0.05) is 39.3 Å². The Labute approximate surface area is 159 Å². The maximum Gasteiger partial charge on any atom is 0.0829 e. The van der Waals surface area contributed by atoms with E-state index >= 15 is 0 Å². The van der Waals surface area contributed by atoms with Crippen molar-refractivity contribution in [3.05, 3.63) is 69.2 Å². The van der Waals surface area contributed by atoms with Crippen LogP contribution in [0.3, 0.4) is 0 Å². The molecule has 132 valence electrons. The third-order valence-electron chi connectivity index (χ3n) is 4.98. The molecule has 0 bridgehead atoms. The van der Waals surface area contributed by atoms with Crippen molar-refractivity contribution < 1.29 is 4.74 Å². The van der Waals surface area contributed by atoms with E-state index < -0.39 is 0 Å². The summed E-state index contributed by atoms with van der Waals surface area (Å²) in [6.45, 7) is 6.62. The van der Waals surface area contributed by atoms with Crippen LogP contribution in [0.1, 0.15) is 16.7 Å². The number of fused-ring (bicyclic) bond motifs is 1. The first kappa shape index (κ1) is 17.3. The maximum absolute atomic E-state index is 6.14. The summed E-state index contributed by atoms with van der Waals surface area (Å²) in [5.74, 6) is 0. The average molecular weight is 377 g/mol. The SMILES string of the molecule is Clc1ccc(CN2CCOC(CN3Cc4ccccc4C3)C2)cc1Cl. The molecule has 0 spiro atoms. The van der Waals surface area contributed by atoms with E-state index in [4.69, 9.17) is 27.9 Å². The monoisotopic (exact) mass is 376 g/mol. The van der Waals surface area contributed by atoms with E-state index in [9.17, 15) is 0 Å². The maximum atomic E-state index is 6.14. The van der Waals surface area contributed by atoms with Crippen LogP contribution in [0.25, 0.3) is 0 Å². The highest BCUT2D eigenvalue weighted by atomic mass is 35.5. The Bertz CT molecular complexity index is 727. The van der Waals surface area contributed by atoms with Crippen LogP contribution >= 0.6 is 23.2 Å². The van der Waals surface area contributed by atoms with Gasteiger partial charge in [0.15, 0.2) is 0 Å². The van der Waals surface area contributed by atoms with E-state index in [1.165, 1.54) is 16.7 Å². The van der Waals surface area contributed by atoms with Crippen molar-refractivity contribution in [2.45, 2.75) is 25.7 Å². The second kappa shape index (κ2) is 7.65. The topological polar surface area (TPSA) is 15.7 Å². The Morgan fingerprint density at radius 1 is 0.960 bits per heavy atom. The molecule has 5 heteroatoms. The van der Waals surface area contributed by atoms with Gasteiger partial charge in [-0.05, 0) is 28.8 Å². The Morgan fingerprint density at radius 2 is 1.72 bits per heavy atom. The van der Waals surface area contributed by atoms with Crippen LogP contribution in [0.2, 0.25) is 10.0 Å². The summed E-state index contributed by atoms with van der Waals surface area (Å²) in [5.41, 5.74) is 4.10. The standard InChI is InChI=1S/C20H22Cl2N2O/c21-19-6-5-15(9-20(19)22)10-23-7-8-25-18(13-23)14-24-11-16-3-1-2-4-17(16)12-24/h1-6,9,18H,7-8,10-14H2. The molecule has 0 aromatic heterocycles. The number of hydrogen-bond donors (Lipinski definition) is 0. The molecular formula is C20H22Cl2N2O. The number of benzene rings is 2. The molecule has 1 unspecified atom stereocenters. The van der Waals surface area contributed by atoms with Gasteiger partial charge in [0.25, 0.3) is 0 Å². The minimum absolute atomic E-state index is 0.255. The summed E-state index contributed by atoms with van der Waals surface area (Å²) in [5, 5.41) is 1.23. The fourth-order valence-electron chi connectivity index (χ4n) is 3.75. The molecule has 0 radical (unpaired) electrons. The summed E-state index contributed by atoms with van der Waals surface area (Å²) >= 11 is 12.1. The summed E-state index contributed by atoms with van der Waals surface area (Å²) in [4.78, 5) is 4.93. The zero-order chi connectivity index (χ0) is 17.2. The predicted molar refractivity (Wildman–Crippen MR) is 102 cm³/mol. The average Bonchev–Trinajstić information content (AvgIpc) is 3.01. The largest absolute Gasteiger partial charge is 0.374 e. The van der Waals surface area contributed by atoms with Crippen LogP contribution in [0.5, 0.6) is 0 Å². The normalized spacial score (nSPS) is 21.4. The molecule has 2 aromatic rings. The quantitative estimate of drug-likeness (QED) is 0.794. The molecule has 1 atom stereocenters. The molecule has 0 saturated carbocycles. The molecular weight excluding hydrogens is 355 g/mol. The van der Waals surface area contributed by atoms with Gasteiger partial charge in [0.05, 0.1) is 22.8 Å². The summed E-state index contributed by atoms with van der Waals surface area (Å²) in [6, 6.07) is 14.6. The van der Waals surface area contributed by atoms with Gasteiger partial charge in [-0.15, -0.1) is 0 Å². The van der Waals surface area contributed by atoms with Crippen LogP contribution in [0.15, 0.2) is 42.5 Å². The van der Waals surface area contributed by atoms with Gasteiger partial charge in [-0.25, -0.2) is 0 Å². The lowest BCUT2D eigenvalue weighted by molar-refractivity contribution is -0.0465. The van der Waals surface area contributed by atoms with E-state index in [0.29, 0.717) is 10.0 Å². The minimum atomic E-state index is 0.255. The van der Waals surface area contributed by atoms with Gasteiger partial charge in [-0.3, -0.25) is 9.80 Å². The number of nitrogens with zero attached hydrogens (tertiary/aromatic N) is 2. The van der Waals surface area contributed by atoms with E-state index in [-0.39, 0.29) is 6.10 Å². The number of rotatable bonds is 4. The Kier molecular flexibility index (Phi) is 5.30. The second-order valence-electron chi connectivity index (χ2n) is 6.91. The van der Waals surface area contributed by atoms with Crippen molar-refractivity contribution in [2.75, 3.05) is 26.2 Å². The van der Waals surface area contributed by atoms with Crippen LogP contribution in [0.4, 0.5) is 0 Å².